The van der Waals surface area contributed by atoms with Crippen molar-refractivity contribution in [3.63, 3.8) is 0 Å². The van der Waals surface area contributed by atoms with Crippen molar-refractivity contribution in [2.24, 2.45) is 0 Å². The van der Waals surface area contributed by atoms with E-state index in [0.29, 0.717) is 33.9 Å². The molecule has 1 atom stereocenters. The molecule has 1 aromatic carbocycles. The van der Waals surface area contributed by atoms with Gasteiger partial charge in [0.2, 0.25) is 5.89 Å². The summed E-state index contributed by atoms with van der Waals surface area (Å²) >= 11 is 0. The number of rotatable bonds is 4. The molecule has 0 radical (unpaired) electrons. The molecule has 0 aliphatic carbocycles. The maximum atomic E-state index is 12.7. The van der Waals surface area contributed by atoms with Crippen LogP contribution in [0.1, 0.15) is 46.2 Å². The highest BCUT2D eigenvalue weighted by atomic mass is 16.6. The minimum Gasteiger partial charge on any atom is -0.449 e. The molecule has 8 nitrogen and oxygen atoms in total. The van der Waals surface area contributed by atoms with E-state index in [4.69, 9.17) is 13.7 Å². The van der Waals surface area contributed by atoms with Gasteiger partial charge in [0, 0.05) is 11.3 Å². The molecule has 3 aromatic heterocycles. The van der Waals surface area contributed by atoms with Gasteiger partial charge in [-0.25, -0.2) is 9.78 Å². The van der Waals surface area contributed by atoms with Gasteiger partial charge in [0.1, 0.15) is 0 Å². The van der Waals surface area contributed by atoms with Crippen LogP contribution in [-0.4, -0.2) is 26.3 Å². The van der Waals surface area contributed by atoms with E-state index in [1.165, 1.54) is 0 Å². The average molecular weight is 378 g/mol. The van der Waals surface area contributed by atoms with Crippen molar-refractivity contribution in [1.82, 2.24) is 20.3 Å². The third-order valence-corrected chi connectivity index (χ3v) is 4.34. The van der Waals surface area contributed by atoms with Gasteiger partial charge in [0.05, 0.1) is 16.6 Å². The lowest BCUT2D eigenvalue weighted by atomic mass is 10.1. The number of aromatic nitrogens is 4. The zero-order valence-corrected chi connectivity index (χ0v) is 15.9. The average Bonchev–Trinajstić information content (AvgIpc) is 3.29. The van der Waals surface area contributed by atoms with Crippen LogP contribution in [0.4, 0.5) is 0 Å². The Labute approximate surface area is 160 Å². The molecule has 8 heteroatoms. The molecule has 0 aliphatic heterocycles. The van der Waals surface area contributed by atoms with Gasteiger partial charge in [-0.1, -0.05) is 22.9 Å². The zero-order chi connectivity index (χ0) is 19.8. The Balaban J connectivity index is 1.57. The van der Waals surface area contributed by atoms with Crippen molar-refractivity contribution in [2.75, 3.05) is 0 Å². The first-order chi connectivity index (χ1) is 13.4. The second-order valence-corrected chi connectivity index (χ2v) is 6.62. The lowest BCUT2D eigenvalue weighted by Crippen LogP contribution is -2.11. The van der Waals surface area contributed by atoms with E-state index in [1.807, 2.05) is 31.2 Å². The van der Waals surface area contributed by atoms with Crippen LogP contribution in [0.15, 0.2) is 39.3 Å². The molecule has 0 amide bonds. The molecule has 142 valence electrons. The van der Waals surface area contributed by atoms with Gasteiger partial charge in [0.15, 0.2) is 6.10 Å². The highest BCUT2D eigenvalue weighted by Crippen LogP contribution is 2.26. The number of pyridine rings is 1. The molecule has 28 heavy (non-hydrogen) atoms. The summed E-state index contributed by atoms with van der Waals surface area (Å²) in [7, 11) is 0. The Bertz CT molecular complexity index is 1160. The van der Waals surface area contributed by atoms with E-state index in [2.05, 4.69) is 20.3 Å². The first kappa shape index (κ1) is 17.8. The van der Waals surface area contributed by atoms with Crippen LogP contribution < -0.4 is 0 Å². The fourth-order valence-corrected chi connectivity index (χ4v) is 2.86. The van der Waals surface area contributed by atoms with Crippen molar-refractivity contribution < 1.29 is 18.5 Å². The van der Waals surface area contributed by atoms with Crippen LogP contribution in [0.2, 0.25) is 0 Å². The van der Waals surface area contributed by atoms with Crippen LogP contribution in [0.5, 0.6) is 0 Å². The smallest absolute Gasteiger partial charge is 0.339 e. The summed E-state index contributed by atoms with van der Waals surface area (Å²) in [6.07, 6.45) is -0.720. The van der Waals surface area contributed by atoms with Gasteiger partial charge >= 0.3 is 5.97 Å². The quantitative estimate of drug-likeness (QED) is 0.489. The van der Waals surface area contributed by atoms with E-state index in [-0.39, 0.29) is 5.89 Å². The van der Waals surface area contributed by atoms with E-state index < -0.39 is 12.1 Å². The first-order valence-corrected chi connectivity index (χ1v) is 8.77. The maximum absolute atomic E-state index is 12.7. The molecule has 0 saturated carbocycles. The summed E-state index contributed by atoms with van der Waals surface area (Å²) in [5.74, 6) is 0.0484. The maximum Gasteiger partial charge on any atom is 0.339 e. The number of aryl methyl sites for hydroxylation is 3. The van der Waals surface area contributed by atoms with E-state index in [0.717, 1.165) is 11.1 Å². The highest BCUT2D eigenvalue weighted by Gasteiger charge is 2.24. The first-order valence-electron chi connectivity index (χ1n) is 8.77. The minimum atomic E-state index is -0.720. The Morgan fingerprint density at radius 1 is 1.11 bits per heavy atom. The fourth-order valence-electron chi connectivity index (χ4n) is 2.86. The molecule has 4 aromatic rings. The lowest BCUT2D eigenvalue weighted by molar-refractivity contribution is 0.0282. The number of carbonyl (C=O) groups excluding carboxylic acids is 1. The highest BCUT2D eigenvalue weighted by molar-refractivity contribution is 6.03. The molecule has 0 N–H and O–H groups in total. The predicted molar refractivity (Wildman–Crippen MR) is 99.6 cm³/mol. The van der Waals surface area contributed by atoms with E-state index in [1.54, 1.807) is 26.8 Å². The van der Waals surface area contributed by atoms with Gasteiger partial charge in [-0.3, -0.25) is 0 Å². The Kier molecular flexibility index (Phi) is 4.38. The molecule has 0 aliphatic rings. The van der Waals surface area contributed by atoms with Crippen LogP contribution in [0.3, 0.4) is 0 Å². The van der Waals surface area contributed by atoms with Crippen molar-refractivity contribution in [3.8, 4) is 11.5 Å². The predicted octanol–water partition coefficient (Wildman–Crippen LogP) is 4.12. The fraction of sp³-hybridized carbons (Fsp3) is 0.250. The van der Waals surface area contributed by atoms with Gasteiger partial charge < -0.3 is 13.7 Å². The largest absolute Gasteiger partial charge is 0.449 e. The number of nitrogens with zero attached hydrogens (tertiary/aromatic N) is 4. The van der Waals surface area contributed by atoms with E-state index >= 15 is 0 Å². The van der Waals surface area contributed by atoms with Gasteiger partial charge in [-0.15, -0.1) is 10.2 Å². The van der Waals surface area contributed by atoms with Crippen LogP contribution in [0.25, 0.3) is 22.6 Å². The van der Waals surface area contributed by atoms with Crippen molar-refractivity contribution >= 4 is 17.1 Å². The monoisotopic (exact) mass is 378 g/mol. The zero-order valence-electron chi connectivity index (χ0n) is 15.9. The van der Waals surface area contributed by atoms with Crippen LogP contribution >= 0.6 is 0 Å². The number of carbonyl (C=O) groups is 1. The Morgan fingerprint density at radius 3 is 2.61 bits per heavy atom. The third kappa shape index (κ3) is 3.24. The number of benzene rings is 1. The second-order valence-electron chi connectivity index (χ2n) is 6.62. The lowest BCUT2D eigenvalue weighted by Gasteiger charge is -2.10. The third-order valence-electron chi connectivity index (χ3n) is 4.34. The number of hydrogen-bond donors (Lipinski definition) is 0. The summed E-state index contributed by atoms with van der Waals surface area (Å²) in [6, 6.07) is 9.36. The summed E-state index contributed by atoms with van der Waals surface area (Å²) in [4.78, 5) is 17.0. The van der Waals surface area contributed by atoms with E-state index in [9.17, 15) is 4.79 Å². The number of fused-ring (bicyclic) bond motifs is 1. The topological polar surface area (TPSA) is 104 Å². The number of esters is 1. The summed E-state index contributed by atoms with van der Waals surface area (Å²) in [5, 5.41) is 12.5. The van der Waals surface area contributed by atoms with Crippen LogP contribution in [-0.2, 0) is 4.74 Å². The normalized spacial score (nSPS) is 12.3. The molecule has 0 saturated heterocycles. The SMILES string of the molecule is Cc1ccc(-c2nnc([C@@H](C)OC(=O)c3cc(C)nc4onc(C)c34)o2)cc1. The molecular formula is C20H18N4O4. The van der Waals surface area contributed by atoms with Crippen molar-refractivity contribution in [2.45, 2.75) is 33.8 Å². The minimum absolute atomic E-state index is 0.216. The van der Waals surface area contributed by atoms with Gasteiger partial charge in [-0.2, -0.15) is 0 Å². The van der Waals surface area contributed by atoms with Gasteiger partial charge in [0.25, 0.3) is 11.6 Å². The Morgan fingerprint density at radius 2 is 1.86 bits per heavy atom. The molecule has 4 rings (SSSR count). The molecular weight excluding hydrogens is 360 g/mol. The standard InChI is InChI=1S/C20H18N4O4/c1-10-5-7-14(8-6-10)18-23-22-17(27-18)13(4)26-20(25)15-9-11(2)21-19-16(15)12(3)24-28-19/h5-9,13H,1-4H3/t13-/m1/s1. The summed E-state index contributed by atoms with van der Waals surface area (Å²) in [5.41, 5.74) is 3.77. The van der Waals surface area contributed by atoms with Crippen LogP contribution in [0, 0.1) is 20.8 Å². The second kappa shape index (κ2) is 6.88. The molecule has 0 fully saturated rings. The molecule has 0 bridgehead atoms. The molecule has 0 unspecified atom stereocenters. The number of hydrogen-bond acceptors (Lipinski definition) is 8. The number of ether oxygens (including phenoxy) is 1. The summed E-state index contributed by atoms with van der Waals surface area (Å²) in [6.45, 7) is 7.19. The summed E-state index contributed by atoms with van der Waals surface area (Å²) < 4.78 is 16.4. The van der Waals surface area contributed by atoms with Gasteiger partial charge in [-0.05, 0) is 45.9 Å². The molecule has 0 spiro atoms. The van der Waals surface area contributed by atoms with Crippen molar-refractivity contribution in [3.05, 3.63) is 58.7 Å². The van der Waals surface area contributed by atoms with Crippen molar-refractivity contribution in [1.29, 1.82) is 0 Å². The molecule has 3 heterocycles. The Hall–Kier alpha value is -3.55.